The van der Waals surface area contributed by atoms with E-state index in [9.17, 15) is 0 Å². The molecule has 0 aromatic heterocycles. The van der Waals surface area contributed by atoms with Crippen LogP contribution in [-0.4, -0.2) is 44.3 Å². The first-order valence-electron chi connectivity index (χ1n) is 8.42. The fourth-order valence-electron chi connectivity index (χ4n) is 3.94. The highest BCUT2D eigenvalue weighted by molar-refractivity contribution is 5.47. The molecule has 2 heterocycles. The topological polar surface area (TPSA) is 33.7 Å². The minimum atomic E-state index is 0.632. The number of benzene rings is 1. The lowest BCUT2D eigenvalue weighted by molar-refractivity contribution is 0.180. The summed E-state index contributed by atoms with van der Waals surface area (Å²) in [6.07, 6.45) is 5.38. The van der Waals surface area contributed by atoms with Crippen molar-refractivity contribution in [3.8, 4) is 11.5 Å². The molecular weight excluding hydrogens is 276 g/mol. The number of hydrogen-bond donors (Lipinski definition) is 1. The Morgan fingerprint density at radius 2 is 1.86 bits per heavy atom. The van der Waals surface area contributed by atoms with Crippen molar-refractivity contribution < 1.29 is 9.47 Å². The van der Waals surface area contributed by atoms with Gasteiger partial charge in [0.2, 0.25) is 0 Å². The highest BCUT2D eigenvalue weighted by Gasteiger charge is 2.34. The number of fused-ring (bicyclic) bond motifs is 1. The van der Waals surface area contributed by atoms with Gasteiger partial charge in [-0.2, -0.15) is 0 Å². The molecule has 4 heteroatoms. The van der Waals surface area contributed by atoms with Crippen LogP contribution in [0.5, 0.6) is 11.5 Å². The van der Waals surface area contributed by atoms with Crippen molar-refractivity contribution in [2.75, 3.05) is 27.3 Å². The van der Waals surface area contributed by atoms with Gasteiger partial charge in [0, 0.05) is 25.2 Å². The van der Waals surface area contributed by atoms with Crippen molar-refractivity contribution in [2.24, 2.45) is 0 Å². The van der Waals surface area contributed by atoms with Gasteiger partial charge in [-0.1, -0.05) is 6.42 Å². The first kappa shape index (κ1) is 15.6. The van der Waals surface area contributed by atoms with E-state index < -0.39 is 0 Å². The Morgan fingerprint density at radius 1 is 1.09 bits per heavy atom. The monoisotopic (exact) mass is 304 g/mol. The fraction of sp³-hybridized carbons (Fsp3) is 0.667. The summed E-state index contributed by atoms with van der Waals surface area (Å²) >= 11 is 0. The van der Waals surface area contributed by atoms with E-state index in [-0.39, 0.29) is 0 Å². The summed E-state index contributed by atoms with van der Waals surface area (Å²) in [6.45, 7) is 5.59. The molecule has 2 atom stereocenters. The smallest absolute Gasteiger partial charge is 0.161 e. The minimum Gasteiger partial charge on any atom is -0.493 e. The Kier molecular flexibility index (Phi) is 4.89. The van der Waals surface area contributed by atoms with Crippen molar-refractivity contribution >= 4 is 0 Å². The Balaban J connectivity index is 1.66. The highest BCUT2D eigenvalue weighted by Crippen LogP contribution is 2.31. The number of nitrogens with zero attached hydrogens (tertiary/aromatic N) is 1. The third-order valence-electron chi connectivity index (χ3n) is 5.25. The lowest BCUT2D eigenvalue weighted by atomic mass is 9.98. The number of aryl methyl sites for hydroxylation is 1. The molecule has 122 valence electrons. The fourth-order valence-corrected chi connectivity index (χ4v) is 3.94. The Labute approximate surface area is 133 Å². The summed E-state index contributed by atoms with van der Waals surface area (Å²) in [5.74, 6) is 1.62. The van der Waals surface area contributed by atoms with Crippen LogP contribution in [-0.2, 0) is 6.54 Å². The van der Waals surface area contributed by atoms with Crippen LogP contribution in [0.4, 0.5) is 0 Å². The van der Waals surface area contributed by atoms with Crippen LogP contribution in [0.2, 0.25) is 0 Å². The van der Waals surface area contributed by atoms with Crippen molar-refractivity contribution in [3.63, 3.8) is 0 Å². The zero-order valence-electron chi connectivity index (χ0n) is 14.0. The van der Waals surface area contributed by atoms with Crippen molar-refractivity contribution in [1.29, 1.82) is 0 Å². The van der Waals surface area contributed by atoms with Crippen molar-refractivity contribution in [2.45, 2.75) is 51.2 Å². The second-order valence-electron chi connectivity index (χ2n) is 6.51. The van der Waals surface area contributed by atoms with E-state index in [1.54, 1.807) is 14.2 Å². The number of rotatable bonds is 5. The molecule has 0 radical (unpaired) electrons. The molecule has 1 N–H and O–H groups in total. The molecule has 2 unspecified atom stereocenters. The molecule has 2 aliphatic heterocycles. The second-order valence-corrected chi connectivity index (χ2v) is 6.51. The summed E-state index contributed by atoms with van der Waals surface area (Å²) in [6, 6.07) is 5.55. The lowest BCUT2D eigenvalue weighted by Crippen LogP contribution is -2.44. The summed E-state index contributed by atoms with van der Waals surface area (Å²) in [5, 5.41) is 3.79. The van der Waals surface area contributed by atoms with E-state index in [2.05, 4.69) is 29.3 Å². The number of ether oxygens (including phenoxy) is 2. The first-order valence-corrected chi connectivity index (χ1v) is 8.42. The third-order valence-corrected chi connectivity index (χ3v) is 5.25. The largest absolute Gasteiger partial charge is 0.493 e. The van der Waals surface area contributed by atoms with Crippen molar-refractivity contribution in [3.05, 3.63) is 23.3 Å². The summed E-state index contributed by atoms with van der Waals surface area (Å²) < 4.78 is 10.8. The Bertz CT molecular complexity index is 518. The van der Waals surface area contributed by atoms with Crippen LogP contribution in [0.25, 0.3) is 0 Å². The molecule has 0 bridgehead atoms. The van der Waals surface area contributed by atoms with Gasteiger partial charge >= 0.3 is 0 Å². The van der Waals surface area contributed by atoms with Crippen LogP contribution >= 0.6 is 0 Å². The molecule has 22 heavy (non-hydrogen) atoms. The molecule has 2 saturated heterocycles. The van der Waals surface area contributed by atoms with E-state index in [0.717, 1.165) is 24.1 Å². The molecule has 1 aromatic rings. The SMILES string of the molecule is COc1cc(C)c(CNC2CCN3CCCCC23)cc1OC. The van der Waals surface area contributed by atoms with Crippen LogP contribution in [0.15, 0.2) is 12.1 Å². The predicted octanol–water partition coefficient (Wildman–Crippen LogP) is 2.73. The van der Waals surface area contributed by atoms with Crippen LogP contribution < -0.4 is 14.8 Å². The summed E-state index contributed by atoms with van der Waals surface area (Å²) in [7, 11) is 3.38. The normalized spacial score (nSPS) is 25.0. The molecule has 0 aliphatic carbocycles. The van der Waals surface area contributed by atoms with E-state index in [0.29, 0.717) is 6.04 Å². The van der Waals surface area contributed by atoms with Crippen LogP contribution in [0, 0.1) is 6.92 Å². The van der Waals surface area contributed by atoms with Gasteiger partial charge in [-0.3, -0.25) is 4.90 Å². The maximum atomic E-state index is 5.43. The molecule has 0 spiro atoms. The molecule has 2 aliphatic rings. The van der Waals surface area contributed by atoms with Gasteiger partial charge in [0.1, 0.15) is 0 Å². The standard InChI is InChI=1S/C18H28N2O2/c1-13-10-17(21-2)18(22-3)11-14(13)12-19-15-7-9-20-8-5-4-6-16(15)20/h10-11,15-16,19H,4-9,12H2,1-3H3. The molecule has 2 fully saturated rings. The first-order chi connectivity index (χ1) is 10.7. The minimum absolute atomic E-state index is 0.632. The van der Waals surface area contributed by atoms with Gasteiger partial charge in [0.25, 0.3) is 0 Å². The maximum Gasteiger partial charge on any atom is 0.161 e. The highest BCUT2D eigenvalue weighted by atomic mass is 16.5. The Hall–Kier alpha value is -1.26. The average Bonchev–Trinajstić information content (AvgIpc) is 2.96. The quantitative estimate of drug-likeness (QED) is 0.907. The molecule has 3 rings (SSSR count). The van der Waals surface area contributed by atoms with E-state index >= 15 is 0 Å². The average molecular weight is 304 g/mol. The maximum absolute atomic E-state index is 5.43. The van der Waals surface area contributed by atoms with E-state index in [1.165, 1.54) is 49.9 Å². The molecule has 0 amide bonds. The second kappa shape index (κ2) is 6.88. The van der Waals surface area contributed by atoms with Gasteiger partial charge < -0.3 is 14.8 Å². The lowest BCUT2D eigenvalue weighted by Gasteiger charge is -2.32. The molecule has 1 aromatic carbocycles. The van der Waals surface area contributed by atoms with Gasteiger partial charge in [-0.25, -0.2) is 0 Å². The number of piperidine rings is 1. The summed E-state index contributed by atoms with van der Waals surface area (Å²) in [5.41, 5.74) is 2.55. The van der Waals surface area contributed by atoms with Crippen LogP contribution in [0.1, 0.15) is 36.8 Å². The predicted molar refractivity (Wildman–Crippen MR) is 88.7 cm³/mol. The van der Waals surface area contributed by atoms with Gasteiger partial charge in [0.15, 0.2) is 11.5 Å². The molecular formula is C18H28N2O2. The number of hydrogen-bond acceptors (Lipinski definition) is 4. The van der Waals surface area contributed by atoms with Crippen LogP contribution in [0.3, 0.4) is 0 Å². The Morgan fingerprint density at radius 3 is 2.64 bits per heavy atom. The zero-order chi connectivity index (χ0) is 15.5. The number of nitrogens with one attached hydrogen (secondary N) is 1. The van der Waals surface area contributed by atoms with Gasteiger partial charge in [-0.05, 0) is 56.0 Å². The van der Waals surface area contributed by atoms with Gasteiger partial charge in [-0.15, -0.1) is 0 Å². The summed E-state index contributed by atoms with van der Waals surface area (Å²) in [4.78, 5) is 2.67. The number of methoxy groups -OCH3 is 2. The van der Waals surface area contributed by atoms with Crippen molar-refractivity contribution in [1.82, 2.24) is 10.2 Å². The molecule has 0 saturated carbocycles. The van der Waals surface area contributed by atoms with E-state index in [1.807, 2.05) is 0 Å². The third kappa shape index (κ3) is 3.08. The zero-order valence-corrected chi connectivity index (χ0v) is 14.0. The van der Waals surface area contributed by atoms with E-state index in [4.69, 9.17) is 9.47 Å². The molecule has 4 nitrogen and oxygen atoms in total. The van der Waals surface area contributed by atoms with Gasteiger partial charge in [0.05, 0.1) is 14.2 Å².